The Morgan fingerprint density at radius 1 is 1.29 bits per heavy atom. The Morgan fingerprint density at radius 3 is 2.71 bits per heavy atom. The zero-order valence-corrected chi connectivity index (χ0v) is 10.1. The highest BCUT2D eigenvalue weighted by Crippen LogP contribution is 2.05. The Bertz CT molecular complexity index is 142. The van der Waals surface area contributed by atoms with Gasteiger partial charge in [-0.1, -0.05) is 13.3 Å². The van der Waals surface area contributed by atoms with Crippen LogP contribution in [0.1, 0.15) is 26.2 Å². The van der Waals surface area contributed by atoms with Crippen LogP contribution in [0, 0.1) is 0 Å². The van der Waals surface area contributed by atoms with E-state index < -0.39 is 0 Å². The van der Waals surface area contributed by atoms with Crippen LogP contribution in [-0.4, -0.2) is 37.6 Å². The SMILES string of the molecule is CCCCSCCC(=O)NCCNC. The summed E-state index contributed by atoms with van der Waals surface area (Å²) in [6, 6.07) is 0. The molecule has 4 heteroatoms. The van der Waals surface area contributed by atoms with Gasteiger partial charge in [-0.25, -0.2) is 0 Å². The zero-order chi connectivity index (χ0) is 10.6. The summed E-state index contributed by atoms with van der Waals surface area (Å²) in [4.78, 5) is 11.2. The maximum absolute atomic E-state index is 11.2. The Morgan fingerprint density at radius 2 is 2.07 bits per heavy atom. The average molecular weight is 218 g/mol. The highest BCUT2D eigenvalue weighted by molar-refractivity contribution is 7.99. The van der Waals surface area contributed by atoms with Crippen molar-refractivity contribution in [3.8, 4) is 0 Å². The largest absolute Gasteiger partial charge is 0.355 e. The molecule has 0 aliphatic carbocycles. The molecule has 84 valence electrons. The van der Waals surface area contributed by atoms with Gasteiger partial charge in [-0.3, -0.25) is 4.79 Å². The second-order valence-corrected chi connectivity index (χ2v) is 4.39. The summed E-state index contributed by atoms with van der Waals surface area (Å²) in [6.07, 6.45) is 3.14. The lowest BCUT2D eigenvalue weighted by molar-refractivity contribution is -0.120. The van der Waals surface area contributed by atoms with Crippen LogP contribution in [0.4, 0.5) is 0 Å². The van der Waals surface area contributed by atoms with Crippen LogP contribution >= 0.6 is 11.8 Å². The van der Waals surface area contributed by atoms with Crippen LogP contribution in [0.25, 0.3) is 0 Å². The summed E-state index contributed by atoms with van der Waals surface area (Å²) in [6.45, 7) is 3.76. The fourth-order valence-electron chi connectivity index (χ4n) is 0.929. The predicted molar refractivity (Wildman–Crippen MR) is 63.8 cm³/mol. The number of likely N-dealkylation sites (N-methyl/N-ethyl adjacent to an activating group) is 1. The number of unbranched alkanes of at least 4 members (excludes halogenated alkanes) is 1. The van der Waals surface area contributed by atoms with Crippen LogP contribution in [0.3, 0.4) is 0 Å². The van der Waals surface area contributed by atoms with Gasteiger partial charge in [-0.05, 0) is 19.2 Å². The number of hydrogen-bond acceptors (Lipinski definition) is 3. The highest BCUT2D eigenvalue weighted by Gasteiger charge is 1.99. The minimum Gasteiger partial charge on any atom is -0.355 e. The molecular weight excluding hydrogens is 196 g/mol. The molecule has 0 fully saturated rings. The maximum atomic E-state index is 11.2. The molecule has 0 rings (SSSR count). The number of carbonyl (C=O) groups excluding carboxylic acids is 1. The van der Waals surface area contributed by atoms with Gasteiger partial charge in [-0.2, -0.15) is 11.8 Å². The number of nitrogens with one attached hydrogen (secondary N) is 2. The van der Waals surface area contributed by atoms with Gasteiger partial charge < -0.3 is 10.6 Å². The van der Waals surface area contributed by atoms with Crippen molar-refractivity contribution < 1.29 is 4.79 Å². The molecule has 0 aliphatic rings. The van der Waals surface area contributed by atoms with Crippen molar-refractivity contribution in [3.63, 3.8) is 0 Å². The first-order valence-electron chi connectivity index (χ1n) is 5.30. The second-order valence-electron chi connectivity index (χ2n) is 3.17. The zero-order valence-electron chi connectivity index (χ0n) is 9.27. The Kier molecular flexibility index (Phi) is 10.7. The molecule has 0 spiro atoms. The van der Waals surface area contributed by atoms with Crippen molar-refractivity contribution in [2.45, 2.75) is 26.2 Å². The van der Waals surface area contributed by atoms with Gasteiger partial charge in [0, 0.05) is 25.3 Å². The minimum absolute atomic E-state index is 0.171. The molecule has 0 aromatic rings. The summed E-state index contributed by atoms with van der Waals surface area (Å²) in [5, 5.41) is 5.85. The lowest BCUT2D eigenvalue weighted by Crippen LogP contribution is -2.30. The van der Waals surface area contributed by atoms with E-state index in [4.69, 9.17) is 0 Å². The summed E-state index contributed by atoms with van der Waals surface area (Å²) >= 11 is 1.87. The first kappa shape index (κ1) is 13.8. The van der Waals surface area contributed by atoms with Crippen LogP contribution < -0.4 is 10.6 Å². The van der Waals surface area contributed by atoms with E-state index in [0.29, 0.717) is 6.42 Å². The molecule has 2 N–H and O–H groups in total. The van der Waals surface area contributed by atoms with E-state index in [0.717, 1.165) is 18.8 Å². The molecule has 14 heavy (non-hydrogen) atoms. The van der Waals surface area contributed by atoms with Crippen LogP contribution in [0.2, 0.25) is 0 Å². The normalized spacial score (nSPS) is 10.1. The van der Waals surface area contributed by atoms with Gasteiger partial charge >= 0.3 is 0 Å². The molecule has 0 bridgehead atoms. The van der Waals surface area contributed by atoms with Crippen molar-refractivity contribution in [3.05, 3.63) is 0 Å². The molecule has 0 aromatic carbocycles. The molecule has 0 atom stereocenters. The van der Waals surface area contributed by atoms with Gasteiger partial charge in [0.1, 0.15) is 0 Å². The van der Waals surface area contributed by atoms with Crippen LogP contribution in [0.5, 0.6) is 0 Å². The predicted octanol–water partition coefficient (Wildman–Crippen LogP) is 1.25. The molecule has 0 aliphatic heterocycles. The van der Waals surface area contributed by atoms with Gasteiger partial charge in [0.25, 0.3) is 0 Å². The first-order chi connectivity index (χ1) is 6.81. The second kappa shape index (κ2) is 10.9. The summed E-state index contributed by atoms with van der Waals surface area (Å²) in [5.74, 6) is 2.30. The van der Waals surface area contributed by atoms with Crippen LogP contribution in [-0.2, 0) is 4.79 Å². The molecule has 0 aromatic heterocycles. The third-order valence-electron chi connectivity index (χ3n) is 1.81. The van der Waals surface area contributed by atoms with Gasteiger partial charge in [0.2, 0.25) is 5.91 Å². The number of carbonyl (C=O) groups is 1. The van der Waals surface area contributed by atoms with E-state index >= 15 is 0 Å². The van der Waals surface area contributed by atoms with E-state index in [1.165, 1.54) is 18.6 Å². The van der Waals surface area contributed by atoms with Crippen LogP contribution in [0.15, 0.2) is 0 Å². The third kappa shape index (κ3) is 9.86. The number of thioether (sulfide) groups is 1. The molecule has 0 saturated carbocycles. The quantitative estimate of drug-likeness (QED) is 0.572. The molecular formula is C10H22N2OS. The molecule has 1 amide bonds. The lowest BCUT2D eigenvalue weighted by Gasteiger charge is -2.04. The average Bonchev–Trinajstić information content (AvgIpc) is 2.18. The smallest absolute Gasteiger partial charge is 0.220 e. The third-order valence-corrected chi connectivity index (χ3v) is 2.88. The van der Waals surface area contributed by atoms with Crippen molar-refractivity contribution >= 4 is 17.7 Å². The maximum Gasteiger partial charge on any atom is 0.220 e. The van der Waals surface area contributed by atoms with Gasteiger partial charge in [0.05, 0.1) is 0 Å². The first-order valence-corrected chi connectivity index (χ1v) is 6.45. The Hall–Kier alpha value is -0.220. The van der Waals surface area contributed by atoms with Gasteiger partial charge in [0.15, 0.2) is 0 Å². The highest BCUT2D eigenvalue weighted by atomic mass is 32.2. The number of hydrogen-bond donors (Lipinski definition) is 2. The monoisotopic (exact) mass is 218 g/mol. The Labute approximate surface area is 91.4 Å². The van der Waals surface area contributed by atoms with Crippen molar-refractivity contribution in [1.29, 1.82) is 0 Å². The topological polar surface area (TPSA) is 41.1 Å². The molecule has 0 heterocycles. The molecule has 0 unspecified atom stereocenters. The fourth-order valence-corrected chi connectivity index (χ4v) is 1.96. The molecule has 0 saturated heterocycles. The van der Waals surface area contributed by atoms with E-state index in [1.807, 2.05) is 18.8 Å². The summed E-state index contributed by atoms with van der Waals surface area (Å²) in [5.41, 5.74) is 0. The number of rotatable bonds is 9. The number of amides is 1. The van der Waals surface area contributed by atoms with E-state index in [-0.39, 0.29) is 5.91 Å². The Balaban J connectivity index is 3.10. The van der Waals surface area contributed by atoms with Crippen molar-refractivity contribution in [1.82, 2.24) is 10.6 Å². The van der Waals surface area contributed by atoms with Gasteiger partial charge in [-0.15, -0.1) is 0 Å². The van der Waals surface area contributed by atoms with E-state index in [9.17, 15) is 4.79 Å². The van der Waals surface area contributed by atoms with E-state index in [1.54, 1.807) is 0 Å². The molecule has 3 nitrogen and oxygen atoms in total. The standard InChI is InChI=1S/C10H22N2OS/c1-3-4-8-14-9-5-10(13)12-7-6-11-2/h11H,3-9H2,1-2H3,(H,12,13). The summed E-state index contributed by atoms with van der Waals surface area (Å²) in [7, 11) is 1.88. The lowest BCUT2D eigenvalue weighted by atomic mass is 10.4. The fraction of sp³-hybridized carbons (Fsp3) is 0.900. The molecule has 0 radical (unpaired) electrons. The van der Waals surface area contributed by atoms with Crippen molar-refractivity contribution in [2.75, 3.05) is 31.6 Å². The minimum atomic E-state index is 0.171. The summed E-state index contributed by atoms with van der Waals surface area (Å²) < 4.78 is 0. The van der Waals surface area contributed by atoms with E-state index in [2.05, 4.69) is 17.6 Å². The van der Waals surface area contributed by atoms with Crippen molar-refractivity contribution in [2.24, 2.45) is 0 Å².